The molecule has 11 aliphatic rings. The van der Waals surface area contributed by atoms with Crippen LogP contribution in [0, 0.1) is 93.6 Å². The first kappa shape index (κ1) is 129. The summed E-state index contributed by atoms with van der Waals surface area (Å²) in [4.78, 5) is 88.2. The van der Waals surface area contributed by atoms with Crippen molar-refractivity contribution in [1.29, 1.82) is 0 Å². The third kappa shape index (κ3) is 44.6. The van der Waals surface area contributed by atoms with Crippen LogP contribution in [0.5, 0.6) is 0 Å². The maximum Gasteiger partial charge on any atom is 0.300 e. The number of carbonyl (C=O) groups is 8. The molecule has 0 spiro atoms. The van der Waals surface area contributed by atoms with Crippen molar-refractivity contribution in [3.8, 4) is 0 Å². The maximum atomic E-state index is 11.1. The number of ether oxygens (including phenoxy) is 21. The molecule has 7 saturated carbocycles. The SMILES string of the molecule is C=C1C[C-]([C@@H](OC(C)=O)[C@H]([CH-]OC)OC(C)=O)C1.C=C1C[C-]([C@H]2OC(C)(C)O[C@H]2[CH-]OC)C1.CO[CH-][C@@H]1OC(C)(C)O[C@@H]1[C-]1CC(=O)C1.CO[CH-][C@@H]1OC(C)(C)O[C@@H]1[C-]1CC(CO)C1.CO[CH-][C@@H]1OC(C)(C)O[C@@H]1[C-]1CC(O)C1.CO[CH-][C@H](OC(C)=O)[C@H](OC(C)=O)[C-]1CC(=O)C1.CO[CH-][C@H](OC(C)=O)[C@H](OC(C)=O)[C-]1CC(O)C1.[Y].[Y].[Y].[Y].[Y].[Y].[Y]. The van der Waals surface area contributed by atoms with Crippen LogP contribution in [0.1, 0.15) is 187 Å². The summed E-state index contributed by atoms with van der Waals surface area (Å²) >= 11 is 0. The van der Waals surface area contributed by atoms with Crippen molar-refractivity contribution in [2.24, 2.45) is 5.92 Å². The van der Waals surface area contributed by atoms with Gasteiger partial charge in [-0.05, 0) is 148 Å². The van der Waals surface area contributed by atoms with Crippen molar-refractivity contribution >= 4 is 47.4 Å². The predicted octanol–water partition coefficient (Wildman–Crippen LogP) is 8.37. The zero-order valence-electron chi connectivity index (χ0n) is 74.6. The van der Waals surface area contributed by atoms with Gasteiger partial charge in [0.1, 0.15) is 0 Å². The number of carbonyl (C=O) groups excluding carboxylic acids is 8. The summed E-state index contributed by atoms with van der Waals surface area (Å²) in [5.74, 6) is 3.19. The van der Waals surface area contributed by atoms with Gasteiger partial charge in [0.15, 0.2) is 23.1 Å². The second-order valence-electron chi connectivity index (χ2n) is 31.2. The van der Waals surface area contributed by atoms with Crippen LogP contribution in [-0.4, -0.2) is 240 Å². The smallest absolute Gasteiger partial charge is 0.300 e. The molecule has 39 heteroatoms. The normalized spacial score (nSPS) is 26.3. The third-order valence-corrected chi connectivity index (χ3v) is 18.9. The number of aliphatic hydroxyl groups is 3. The van der Waals surface area contributed by atoms with E-state index in [1.54, 1.807) is 54.9 Å². The summed E-state index contributed by atoms with van der Waals surface area (Å²) < 4.78 is 111. The maximum absolute atomic E-state index is 11.1. The molecule has 32 nitrogen and oxygen atoms in total. The molecule has 4 aliphatic heterocycles. The topological polar surface area (TPSA) is 391 Å². The van der Waals surface area contributed by atoms with Gasteiger partial charge in [-0.3, -0.25) is 70.2 Å². The standard InChI is InChI=1S/C13H18O5.C12H18O6.C12H16O6.C12H20O4.C12H18O3.C11H18O4.C11H16O4.7Y/c1-8-5-11(6-8)13(18-10(3)15)12(7-16-4)17-9(2)14;2*1-7(13)17-11(6-16-3)12(18-8(2)14)9-4-10(15)5-9;1-12(2)15-10(7-14-3)11(16-12)9-4-8(5-9)6-13;1-8-5-9(6-8)11-10(7-13-4)14-12(2,3)15-11;2*1-11(2)14-9(6-13-3)10(15-11)7-4-8(12)5-7;;;;;;;/h7,12-13H,1,5-6H2,2-4H3;6,10-12,15H,4-5H2,1-3H3;6,11-12H,4-5H2,1-3H3;7-8,10-11,13H,4-6H2,1-3H3;7,10-11H,1,5-6H2,2-4H3;6,8-10,12H,4-5H2,1-3H3;6,9-10H,4-5H2,1-3H3;;;;;;;/q7*-2;;;;;;;/t12-,13+;2*11-,12+;2*10-,11+;2*9-,10+;;;;;;;/m0000000......./s1. The van der Waals surface area contributed by atoms with Crippen LogP contribution in [0.25, 0.3) is 0 Å². The zero-order chi connectivity index (χ0) is 86.0. The first-order chi connectivity index (χ1) is 53.9. The largest absolute Gasteiger partial charge is 0.552 e. The number of Topliss-reactive ketones (excluding diaryl/α,β-unsaturated/α-hetero) is 2. The zero-order valence-corrected chi connectivity index (χ0v) is 94.5. The molecule has 0 bridgehead atoms. The molecule has 4 heterocycles. The monoisotopic (exact) mass is 2260 g/mol. The molecule has 11 fully saturated rings. The molecule has 0 aromatic rings. The van der Waals surface area contributed by atoms with Gasteiger partial charge in [0.05, 0.1) is 11.6 Å². The molecule has 7 aliphatic carbocycles. The van der Waals surface area contributed by atoms with Gasteiger partial charge in [0, 0.05) is 308 Å². The fourth-order valence-electron chi connectivity index (χ4n) is 14.0. The van der Waals surface area contributed by atoms with E-state index >= 15 is 0 Å². The Morgan fingerprint density at radius 3 is 0.836 bits per heavy atom. The third-order valence-electron chi connectivity index (χ3n) is 18.9. The molecule has 11 rings (SSSR count). The van der Waals surface area contributed by atoms with E-state index in [0.29, 0.717) is 44.4 Å². The molecular formula is C83H124O32Y7-14. The quantitative estimate of drug-likeness (QED) is 0.0254. The van der Waals surface area contributed by atoms with Crippen LogP contribution in [0.4, 0.5) is 0 Å². The van der Waals surface area contributed by atoms with E-state index in [4.69, 9.17) is 105 Å². The van der Waals surface area contributed by atoms with E-state index in [1.165, 1.54) is 106 Å². The van der Waals surface area contributed by atoms with Gasteiger partial charge in [-0.25, -0.2) is 0 Å². The Kier molecular flexibility index (Phi) is 66.6. The Morgan fingerprint density at radius 1 is 0.361 bits per heavy atom. The molecule has 0 amide bonds. The van der Waals surface area contributed by atoms with Crippen molar-refractivity contribution in [2.75, 3.05) is 56.4 Å². The number of hydrogen-bond acceptors (Lipinski definition) is 32. The number of allylic oxidation sites excluding steroid dienone is 2. The van der Waals surface area contributed by atoms with Gasteiger partial charge < -0.3 is 124 Å². The second kappa shape index (κ2) is 63.1. The molecule has 683 valence electrons. The minimum absolute atomic E-state index is 0. The van der Waals surface area contributed by atoms with E-state index in [-0.39, 0.29) is 315 Å². The first-order valence-electron chi connectivity index (χ1n) is 38.2. The van der Waals surface area contributed by atoms with Crippen LogP contribution >= 0.6 is 0 Å². The number of esters is 6. The molecule has 3 N–H and O–H groups in total. The summed E-state index contributed by atoms with van der Waals surface area (Å²) in [5, 5.41) is 27.6. The van der Waals surface area contributed by atoms with Gasteiger partial charge in [0.25, 0.3) is 35.8 Å². The summed E-state index contributed by atoms with van der Waals surface area (Å²) in [6, 6.07) is 0. The van der Waals surface area contributed by atoms with Gasteiger partial charge in [0.2, 0.25) is 0 Å². The van der Waals surface area contributed by atoms with E-state index in [0.717, 1.165) is 67.8 Å². The Labute approximate surface area is 899 Å². The number of methoxy groups -OCH3 is 7. The van der Waals surface area contributed by atoms with E-state index in [9.17, 15) is 48.6 Å². The summed E-state index contributed by atoms with van der Waals surface area (Å²) in [7, 11) is 10.7. The Hall–Kier alpha value is 2.65. The van der Waals surface area contributed by atoms with Crippen molar-refractivity contribution in [3.63, 3.8) is 0 Å². The molecule has 0 aromatic carbocycles. The molecule has 0 aromatic heterocycles. The molecule has 122 heavy (non-hydrogen) atoms. The summed E-state index contributed by atoms with van der Waals surface area (Å²) in [6.07, 6.45) is 3.27. The number of hydrogen-bond donors (Lipinski definition) is 3. The Balaban J connectivity index is -0.00000134. The van der Waals surface area contributed by atoms with Crippen LogP contribution in [0.15, 0.2) is 24.3 Å². The summed E-state index contributed by atoms with van der Waals surface area (Å²) in [6.45, 7) is 41.4. The van der Waals surface area contributed by atoms with E-state index < -0.39 is 102 Å². The van der Waals surface area contributed by atoms with Crippen molar-refractivity contribution in [1.82, 2.24) is 0 Å². The van der Waals surface area contributed by atoms with Crippen molar-refractivity contribution in [3.05, 3.63) is 112 Å². The first-order valence-corrected chi connectivity index (χ1v) is 38.2. The molecule has 0 unspecified atom stereocenters. The number of aliphatic hydroxyl groups excluding tert-OH is 3. The van der Waals surface area contributed by atoms with E-state index in [2.05, 4.69) is 13.2 Å². The van der Waals surface area contributed by atoms with Crippen LogP contribution in [-0.2, 0) is 367 Å². The van der Waals surface area contributed by atoms with Gasteiger partial charge in [-0.1, -0.05) is 30.3 Å². The van der Waals surface area contributed by atoms with E-state index in [1.807, 2.05) is 55.4 Å². The fourth-order valence-corrected chi connectivity index (χ4v) is 14.0. The van der Waals surface area contributed by atoms with Crippen LogP contribution in [0.2, 0.25) is 0 Å². The van der Waals surface area contributed by atoms with Gasteiger partial charge in [-0.15, -0.1) is 62.8 Å². The average molecular weight is 2260 g/mol. The van der Waals surface area contributed by atoms with Crippen molar-refractivity contribution in [2.45, 2.75) is 308 Å². The predicted molar refractivity (Wildman–Crippen MR) is 406 cm³/mol. The van der Waals surface area contributed by atoms with Gasteiger partial charge >= 0.3 is 0 Å². The Morgan fingerprint density at radius 2 is 0.607 bits per heavy atom. The van der Waals surface area contributed by atoms with Crippen LogP contribution < -0.4 is 0 Å². The van der Waals surface area contributed by atoms with Crippen molar-refractivity contribution < 1.29 is 382 Å². The molecule has 14 atom stereocenters. The van der Waals surface area contributed by atoms with Gasteiger partial charge in [-0.2, -0.15) is 97.6 Å². The Bertz CT molecular complexity index is 2950. The molecule has 4 saturated heterocycles. The number of rotatable bonds is 31. The molecular weight excluding hydrogens is 2130 g/mol. The minimum Gasteiger partial charge on any atom is -0.552 e. The minimum atomic E-state index is -0.834. The molecule has 7 radical (unpaired) electrons. The number of ketones is 2. The fraction of sp³-hybridized carbons (Fsp3) is 0.687. The second-order valence-corrected chi connectivity index (χ2v) is 31.2. The van der Waals surface area contributed by atoms with Crippen LogP contribution in [0.3, 0.4) is 0 Å². The average Bonchev–Trinajstić information content (AvgIpc) is 1.65. The summed E-state index contributed by atoms with van der Waals surface area (Å²) in [5.41, 5.74) is 2.34.